The van der Waals surface area contributed by atoms with Gasteiger partial charge >= 0.3 is 0 Å². The number of ether oxygens (including phenoxy) is 1. The summed E-state index contributed by atoms with van der Waals surface area (Å²) in [4.78, 5) is 4.58. The van der Waals surface area contributed by atoms with Crippen LogP contribution in [-0.2, 0) is 6.61 Å². The normalized spacial score (nSPS) is 11.3. The molecule has 0 bridgehead atoms. The van der Waals surface area contributed by atoms with Crippen LogP contribution in [0, 0.1) is 13.8 Å². The second-order valence-corrected chi connectivity index (χ2v) is 8.49. The third-order valence-electron chi connectivity index (χ3n) is 5.74. The maximum atomic E-state index is 5.91. The van der Waals surface area contributed by atoms with E-state index in [0.717, 1.165) is 17.9 Å². The summed E-state index contributed by atoms with van der Waals surface area (Å²) in [5.41, 5.74) is 4.98. The molecule has 2 heteroatoms. The summed E-state index contributed by atoms with van der Waals surface area (Å²) < 4.78 is 5.91. The molecular formula is C28H41NO. The average Bonchev–Trinajstić information content (AvgIpc) is 2.76. The van der Waals surface area contributed by atoms with E-state index in [1.54, 1.807) is 0 Å². The minimum Gasteiger partial charge on any atom is -0.489 e. The molecule has 2 nitrogen and oxygen atoms in total. The van der Waals surface area contributed by atoms with E-state index in [9.17, 15) is 0 Å². The largest absolute Gasteiger partial charge is 0.489 e. The topological polar surface area (TPSA) is 21.6 Å². The second kappa shape index (κ2) is 14.8. The number of aliphatic imine (C=N–C) groups is 1. The fraction of sp³-hybridized carbons (Fsp3) is 0.536. The van der Waals surface area contributed by atoms with Gasteiger partial charge < -0.3 is 4.74 Å². The van der Waals surface area contributed by atoms with Crippen LogP contribution in [0.1, 0.15) is 93.4 Å². The Morgan fingerprint density at radius 1 is 0.733 bits per heavy atom. The highest BCUT2D eigenvalue weighted by Crippen LogP contribution is 2.16. The molecule has 2 aromatic rings. The molecule has 0 spiro atoms. The molecule has 0 heterocycles. The van der Waals surface area contributed by atoms with E-state index in [1.165, 1.54) is 80.9 Å². The molecule has 0 unspecified atom stereocenters. The molecule has 0 saturated carbocycles. The van der Waals surface area contributed by atoms with Crippen LogP contribution in [0.3, 0.4) is 0 Å². The van der Waals surface area contributed by atoms with Crippen molar-refractivity contribution in [3.63, 3.8) is 0 Å². The van der Waals surface area contributed by atoms with Crippen molar-refractivity contribution in [3.8, 4) is 5.75 Å². The van der Waals surface area contributed by atoms with Crippen LogP contribution in [0.25, 0.3) is 0 Å². The first-order chi connectivity index (χ1) is 14.7. The predicted molar refractivity (Wildman–Crippen MR) is 131 cm³/mol. The Bertz CT molecular complexity index is 733. The number of benzene rings is 2. The van der Waals surface area contributed by atoms with Gasteiger partial charge in [-0.1, -0.05) is 82.9 Å². The lowest BCUT2D eigenvalue weighted by Gasteiger charge is -2.08. The van der Waals surface area contributed by atoms with Gasteiger partial charge in [0.1, 0.15) is 12.4 Å². The monoisotopic (exact) mass is 407 g/mol. The van der Waals surface area contributed by atoms with Crippen molar-refractivity contribution >= 4 is 6.21 Å². The van der Waals surface area contributed by atoms with E-state index in [0.29, 0.717) is 6.61 Å². The van der Waals surface area contributed by atoms with Crippen molar-refractivity contribution in [1.82, 2.24) is 0 Å². The SMILES string of the molecule is CCCCCCCCCCCCN=Cc1ccc(OCc2ccc(C)c(C)c2)cc1. The van der Waals surface area contributed by atoms with Gasteiger partial charge in [-0.25, -0.2) is 0 Å². The highest BCUT2D eigenvalue weighted by molar-refractivity contribution is 5.79. The standard InChI is InChI=1S/C28H41NO/c1-4-5-6-7-8-9-10-11-12-13-20-29-22-26-16-18-28(19-17-26)30-23-27-15-14-24(2)25(3)21-27/h14-19,21-22H,4-13,20,23H2,1-3H3. The molecule has 0 aliphatic carbocycles. The molecule has 2 rings (SSSR count). The van der Waals surface area contributed by atoms with Gasteiger partial charge in [0.05, 0.1) is 0 Å². The molecule has 0 saturated heterocycles. The number of hydrogen-bond donors (Lipinski definition) is 0. The van der Waals surface area contributed by atoms with E-state index >= 15 is 0 Å². The summed E-state index contributed by atoms with van der Waals surface area (Å²) in [6, 6.07) is 14.7. The molecule has 0 aliphatic rings. The summed E-state index contributed by atoms with van der Waals surface area (Å²) in [7, 11) is 0. The quantitative estimate of drug-likeness (QED) is 0.215. The van der Waals surface area contributed by atoms with Crippen LogP contribution in [0.2, 0.25) is 0 Å². The van der Waals surface area contributed by atoms with Gasteiger partial charge in [-0.15, -0.1) is 0 Å². The molecule has 0 radical (unpaired) electrons. The molecule has 0 amide bonds. The minimum atomic E-state index is 0.604. The Balaban J connectivity index is 1.55. The van der Waals surface area contributed by atoms with Gasteiger partial charge in [0.2, 0.25) is 0 Å². The fourth-order valence-electron chi connectivity index (χ4n) is 3.57. The lowest BCUT2D eigenvalue weighted by molar-refractivity contribution is 0.306. The van der Waals surface area contributed by atoms with Crippen LogP contribution in [-0.4, -0.2) is 12.8 Å². The van der Waals surface area contributed by atoms with E-state index in [4.69, 9.17) is 4.74 Å². The minimum absolute atomic E-state index is 0.604. The Labute approximate surface area is 184 Å². The molecule has 164 valence electrons. The van der Waals surface area contributed by atoms with Crippen LogP contribution < -0.4 is 4.74 Å². The number of aryl methyl sites for hydroxylation is 2. The van der Waals surface area contributed by atoms with Crippen molar-refractivity contribution in [1.29, 1.82) is 0 Å². The van der Waals surface area contributed by atoms with Gasteiger partial charge in [0, 0.05) is 12.8 Å². The molecule has 0 atom stereocenters. The van der Waals surface area contributed by atoms with Gasteiger partial charge in [-0.05, 0) is 66.8 Å². The summed E-state index contributed by atoms with van der Waals surface area (Å²) in [5, 5.41) is 0. The molecule has 30 heavy (non-hydrogen) atoms. The second-order valence-electron chi connectivity index (χ2n) is 8.49. The first kappa shape index (κ1) is 24.2. The van der Waals surface area contributed by atoms with E-state index in [-0.39, 0.29) is 0 Å². The van der Waals surface area contributed by atoms with Crippen molar-refractivity contribution in [2.75, 3.05) is 6.54 Å². The molecule has 0 fully saturated rings. The first-order valence-corrected chi connectivity index (χ1v) is 12.0. The molecule has 0 N–H and O–H groups in total. The first-order valence-electron chi connectivity index (χ1n) is 12.0. The van der Waals surface area contributed by atoms with Crippen LogP contribution >= 0.6 is 0 Å². The highest BCUT2D eigenvalue weighted by Gasteiger charge is 1.99. The van der Waals surface area contributed by atoms with Crippen LogP contribution in [0.4, 0.5) is 0 Å². The van der Waals surface area contributed by atoms with Gasteiger partial charge in [-0.2, -0.15) is 0 Å². The zero-order valence-electron chi connectivity index (χ0n) is 19.5. The highest BCUT2D eigenvalue weighted by atomic mass is 16.5. The summed E-state index contributed by atoms with van der Waals surface area (Å²) >= 11 is 0. The zero-order valence-corrected chi connectivity index (χ0v) is 19.5. The Morgan fingerprint density at radius 3 is 2.00 bits per heavy atom. The van der Waals surface area contributed by atoms with Crippen molar-refractivity contribution in [3.05, 3.63) is 64.7 Å². The Kier molecular flexibility index (Phi) is 11.9. The fourth-order valence-corrected chi connectivity index (χ4v) is 3.57. The lowest BCUT2D eigenvalue weighted by atomic mass is 10.1. The van der Waals surface area contributed by atoms with Crippen LogP contribution in [0.5, 0.6) is 5.75 Å². The zero-order chi connectivity index (χ0) is 21.4. The van der Waals surface area contributed by atoms with E-state index < -0.39 is 0 Å². The maximum Gasteiger partial charge on any atom is 0.119 e. The number of rotatable bonds is 15. The molecule has 2 aromatic carbocycles. The van der Waals surface area contributed by atoms with E-state index in [1.807, 2.05) is 18.3 Å². The average molecular weight is 408 g/mol. The third kappa shape index (κ3) is 10.1. The Hall–Kier alpha value is -2.09. The van der Waals surface area contributed by atoms with Crippen molar-refractivity contribution in [2.45, 2.75) is 91.6 Å². The van der Waals surface area contributed by atoms with Crippen LogP contribution in [0.15, 0.2) is 47.5 Å². The van der Waals surface area contributed by atoms with E-state index in [2.05, 4.69) is 56.1 Å². The Morgan fingerprint density at radius 2 is 1.37 bits per heavy atom. The van der Waals surface area contributed by atoms with Crippen molar-refractivity contribution < 1.29 is 4.74 Å². The molecule has 0 aliphatic heterocycles. The number of nitrogens with zero attached hydrogens (tertiary/aromatic N) is 1. The molecule has 0 aromatic heterocycles. The number of hydrogen-bond acceptors (Lipinski definition) is 2. The summed E-state index contributed by atoms with van der Waals surface area (Å²) in [5.74, 6) is 0.903. The van der Waals surface area contributed by atoms with Crippen molar-refractivity contribution in [2.24, 2.45) is 4.99 Å². The lowest BCUT2D eigenvalue weighted by Crippen LogP contribution is -1.96. The summed E-state index contributed by atoms with van der Waals surface area (Å²) in [6.45, 7) is 8.09. The van der Waals surface area contributed by atoms with Gasteiger partial charge in [0.25, 0.3) is 0 Å². The molecular weight excluding hydrogens is 366 g/mol. The van der Waals surface area contributed by atoms with Gasteiger partial charge in [0.15, 0.2) is 0 Å². The third-order valence-corrected chi connectivity index (χ3v) is 5.74. The number of unbranched alkanes of at least 4 members (excludes halogenated alkanes) is 9. The smallest absolute Gasteiger partial charge is 0.119 e. The van der Waals surface area contributed by atoms with Gasteiger partial charge in [-0.3, -0.25) is 4.99 Å². The summed E-state index contributed by atoms with van der Waals surface area (Å²) in [6.07, 6.45) is 15.6. The predicted octanol–water partition coefficient (Wildman–Crippen LogP) is 8.22. The maximum absolute atomic E-state index is 5.91.